The van der Waals surface area contributed by atoms with Crippen LogP contribution in [0.1, 0.15) is 46.7 Å². The second-order valence-corrected chi connectivity index (χ2v) is 10.5. The molecule has 41 heavy (non-hydrogen) atoms. The normalized spacial score (nSPS) is 12.4. The van der Waals surface area contributed by atoms with Crippen LogP contribution in [0.3, 0.4) is 0 Å². The number of methoxy groups -OCH3 is 1. The first-order valence-electron chi connectivity index (χ1n) is 14.0. The summed E-state index contributed by atoms with van der Waals surface area (Å²) < 4.78 is 22.7. The fraction of sp³-hybridized carbons (Fsp3) is 0.200. The Morgan fingerprint density at radius 2 is 1.88 bits per heavy atom. The van der Waals surface area contributed by atoms with Gasteiger partial charge in [0.1, 0.15) is 11.6 Å². The van der Waals surface area contributed by atoms with Gasteiger partial charge in [0.25, 0.3) is 5.56 Å². The number of fused-ring (bicyclic) bond motifs is 2. The highest BCUT2D eigenvalue weighted by Gasteiger charge is 2.22. The molecule has 0 amide bonds. The molecule has 0 radical (unpaired) electrons. The van der Waals surface area contributed by atoms with E-state index in [4.69, 9.17) is 4.74 Å². The number of aromatic nitrogens is 2. The minimum absolute atomic E-state index is 0.126. The first-order valence-corrected chi connectivity index (χ1v) is 14.0. The molecule has 5 aromatic rings. The lowest BCUT2D eigenvalue weighted by Crippen LogP contribution is -2.25. The van der Waals surface area contributed by atoms with Crippen LogP contribution in [0.5, 0.6) is 5.75 Å². The van der Waals surface area contributed by atoms with E-state index in [9.17, 15) is 4.79 Å². The van der Waals surface area contributed by atoms with Gasteiger partial charge in [-0.15, -0.1) is 0 Å². The molecule has 0 saturated carbocycles. The van der Waals surface area contributed by atoms with Crippen LogP contribution in [0.2, 0.25) is 0 Å². The maximum absolute atomic E-state index is 15.5. The molecule has 1 N–H and O–H groups in total. The summed E-state index contributed by atoms with van der Waals surface area (Å²) in [6.07, 6.45) is 7.70. The lowest BCUT2D eigenvalue weighted by molar-refractivity contribution is 0.410. The molecule has 0 aliphatic heterocycles. The third-order valence-corrected chi connectivity index (χ3v) is 7.96. The van der Waals surface area contributed by atoms with Gasteiger partial charge in [-0.25, -0.2) is 4.39 Å². The number of nitrogens with zero attached hydrogens (tertiary/aromatic N) is 2. The molecule has 0 bridgehead atoms. The van der Waals surface area contributed by atoms with Crippen LogP contribution < -0.4 is 15.6 Å². The number of aryl methyl sites for hydroxylation is 2. The quantitative estimate of drug-likeness (QED) is 0.223. The zero-order chi connectivity index (χ0) is 28.5. The van der Waals surface area contributed by atoms with Gasteiger partial charge >= 0.3 is 0 Å². The van der Waals surface area contributed by atoms with Crippen molar-refractivity contribution in [2.75, 3.05) is 12.4 Å². The van der Waals surface area contributed by atoms with Crippen molar-refractivity contribution in [2.24, 2.45) is 0 Å². The Bertz CT molecular complexity index is 1840. The topological polar surface area (TPSA) is 56.2 Å². The lowest BCUT2D eigenvalue weighted by Gasteiger charge is -2.17. The lowest BCUT2D eigenvalue weighted by atomic mass is 9.98. The number of benzene rings is 3. The van der Waals surface area contributed by atoms with Crippen molar-refractivity contribution in [2.45, 2.75) is 39.0 Å². The van der Waals surface area contributed by atoms with Crippen molar-refractivity contribution >= 4 is 22.3 Å². The zero-order valence-corrected chi connectivity index (χ0v) is 23.3. The summed E-state index contributed by atoms with van der Waals surface area (Å²) in [4.78, 5) is 18.2. The van der Waals surface area contributed by atoms with Crippen LogP contribution in [0.15, 0.2) is 90.5 Å². The highest BCUT2D eigenvalue weighted by Crippen LogP contribution is 2.31. The molecule has 2 heterocycles. The first kappa shape index (κ1) is 26.5. The van der Waals surface area contributed by atoms with Gasteiger partial charge in [-0.1, -0.05) is 37.8 Å². The van der Waals surface area contributed by atoms with E-state index in [0.717, 1.165) is 70.3 Å². The van der Waals surface area contributed by atoms with E-state index < -0.39 is 0 Å². The Morgan fingerprint density at radius 3 is 2.63 bits per heavy atom. The molecule has 206 valence electrons. The van der Waals surface area contributed by atoms with Gasteiger partial charge in [-0.3, -0.25) is 14.3 Å². The fourth-order valence-electron chi connectivity index (χ4n) is 5.86. The highest BCUT2D eigenvalue weighted by atomic mass is 19.1. The number of para-hydroxylation sites is 1. The number of anilines is 1. The van der Waals surface area contributed by atoms with E-state index in [1.165, 1.54) is 6.07 Å². The van der Waals surface area contributed by atoms with Crippen LogP contribution >= 0.6 is 0 Å². The SMILES string of the molecule is C=C(Nc1ccc(Cc2ccnc3cc(OC)c(CC)cc23)c(F)c1)c1c2c(cn(-c3ccccc3)c1=O)CCC2. The highest BCUT2D eigenvalue weighted by molar-refractivity contribution is 5.85. The molecule has 0 atom stereocenters. The molecule has 2 aromatic heterocycles. The molecule has 1 aliphatic rings. The van der Waals surface area contributed by atoms with Gasteiger partial charge in [0.05, 0.1) is 18.2 Å². The summed E-state index contributed by atoms with van der Waals surface area (Å²) in [6.45, 7) is 6.30. The van der Waals surface area contributed by atoms with E-state index in [0.29, 0.717) is 28.9 Å². The van der Waals surface area contributed by atoms with Crippen LogP contribution in [0, 0.1) is 5.82 Å². The average Bonchev–Trinajstić information content (AvgIpc) is 3.46. The monoisotopic (exact) mass is 545 g/mol. The summed E-state index contributed by atoms with van der Waals surface area (Å²) in [5, 5.41) is 4.22. The molecule has 0 spiro atoms. The zero-order valence-electron chi connectivity index (χ0n) is 23.3. The smallest absolute Gasteiger partial charge is 0.264 e. The van der Waals surface area contributed by atoms with Crippen LogP contribution in [0.25, 0.3) is 22.3 Å². The Labute approximate surface area is 239 Å². The number of pyridine rings is 2. The molecule has 6 rings (SSSR count). The van der Waals surface area contributed by atoms with Crippen molar-refractivity contribution in [1.82, 2.24) is 9.55 Å². The second-order valence-electron chi connectivity index (χ2n) is 10.5. The standard InChI is InChI=1S/C35H32FN3O2/c1-4-23-18-30-24(15-16-37-32(30)20-33(23)41-3)17-25-13-14-27(19-31(25)36)38-22(2)34-29-12-8-9-26(29)21-39(35(34)40)28-10-6-5-7-11-28/h5-7,10-11,13-16,18-21,38H,2,4,8-9,12,17H2,1,3H3. The minimum atomic E-state index is -0.322. The third-order valence-electron chi connectivity index (χ3n) is 7.96. The van der Waals surface area contributed by atoms with Gasteiger partial charge in [0.15, 0.2) is 0 Å². The Kier molecular flexibility index (Phi) is 7.14. The van der Waals surface area contributed by atoms with Crippen molar-refractivity contribution in [3.05, 3.63) is 135 Å². The molecular weight excluding hydrogens is 513 g/mol. The van der Waals surface area contributed by atoms with E-state index in [1.54, 1.807) is 23.9 Å². The summed E-state index contributed by atoms with van der Waals surface area (Å²) >= 11 is 0. The Hall–Kier alpha value is -4.71. The van der Waals surface area contributed by atoms with E-state index in [2.05, 4.69) is 29.9 Å². The predicted octanol–water partition coefficient (Wildman–Crippen LogP) is 7.26. The maximum Gasteiger partial charge on any atom is 0.264 e. The third kappa shape index (κ3) is 5.02. The molecular formula is C35H32FN3O2. The number of nitrogens with one attached hydrogen (secondary N) is 1. The average molecular weight is 546 g/mol. The van der Waals surface area contributed by atoms with Gasteiger partial charge in [-0.05, 0) is 89.9 Å². The van der Waals surface area contributed by atoms with Gasteiger partial charge in [0.2, 0.25) is 0 Å². The molecule has 0 saturated heterocycles. The number of rotatable bonds is 8. The van der Waals surface area contributed by atoms with Gasteiger partial charge in [0, 0.05) is 47.3 Å². The van der Waals surface area contributed by atoms with Crippen molar-refractivity contribution in [3.63, 3.8) is 0 Å². The number of hydrogen-bond donors (Lipinski definition) is 1. The molecule has 3 aromatic carbocycles. The Balaban J connectivity index is 1.29. The van der Waals surface area contributed by atoms with Gasteiger partial charge < -0.3 is 10.1 Å². The molecule has 0 unspecified atom stereocenters. The molecule has 6 heteroatoms. The van der Waals surface area contributed by atoms with Crippen LogP contribution in [-0.2, 0) is 25.7 Å². The number of hydrogen-bond acceptors (Lipinski definition) is 4. The largest absolute Gasteiger partial charge is 0.496 e. The van der Waals surface area contributed by atoms with Crippen molar-refractivity contribution in [3.8, 4) is 11.4 Å². The van der Waals surface area contributed by atoms with Crippen molar-refractivity contribution in [1.29, 1.82) is 0 Å². The van der Waals surface area contributed by atoms with Crippen LogP contribution in [-0.4, -0.2) is 16.7 Å². The summed E-state index contributed by atoms with van der Waals surface area (Å²) in [6, 6.07) is 20.7. The summed E-state index contributed by atoms with van der Waals surface area (Å²) in [5.74, 6) is 0.489. The molecule has 1 aliphatic carbocycles. The Morgan fingerprint density at radius 1 is 1.05 bits per heavy atom. The second kappa shape index (κ2) is 11.0. The minimum Gasteiger partial charge on any atom is -0.496 e. The number of halogens is 1. The van der Waals surface area contributed by atoms with E-state index in [-0.39, 0.29) is 11.4 Å². The van der Waals surface area contributed by atoms with E-state index in [1.807, 2.05) is 54.7 Å². The predicted molar refractivity (Wildman–Crippen MR) is 164 cm³/mol. The summed E-state index contributed by atoms with van der Waals surface area (Å²) in [7, 11) is 1.66. The van der Waals surface area contributed by atoms with Crippen molar-refractivity contribution < 1.29 is 9.13 Å². The van der Waals surface area contributed by atoms with Crippen LogP contribution in [0.4, 0.5) is 10.1 Å². The molecule has 0 fully saturated rings. The van der Waals surface area contributed by atoms with Gasteiger partial charge in [-0.2, -0.15) is 0 Å². The first-order chi connectivity index (χ1) is 20.0. The maximum atomic E-state index is 15.5. The van der Waals surface area contributed by atoms with E-state index >= 15 is 4.39 Å². The summed E-state index contributed by atoms with van der Waals surface area (Å²) in [5.41, 5.74) is 7.96. The number of ether oxygens (including phenoxy) is 1. The molecule has 5 nitrogen and oxygen atoms in total. The fourth-order valence-corrected chi connectivity index (χ4v) is 5.86.